The molecule has 4 nitrogen and oxygen atoms in total. The van der Waals surface area contributed by atoms with Crippen LogP contribution in [0.5, 0.6) is 0 Å². The smallest absolute Gasteiger partial charge is 0.410 e. The highest BCUT2D eigenvalue weighted by molar-refractivity contribution is 6.30. The fraction of sp³-hybridized carbons (Fsp3) is 0.435. The van der Waals surface area contributed by atoms with Crippen LogP contribution in [0.15, 0.2) is 48.5 Å². The summed E-state index contributed by atoms with van der Waals surface area (Å²) in [6.45, 7) is 5.97. The number of aliphatic hydroxyl groups excluding tert-OH is 1. The summed E-state index contributed by atoms with van der Waals surface area (Å²) in [5.41, 5.74) is 0.840. The van der Waals surface area contributed by atoms with Crippen LogP contribution in [-0.4, -0.2) is 40.4 Å². The van der Waals surface area contributed by atoms with Crippen molar-refractivity contribution in [2.75, 3.05) is 6.54 Å². The Morgan fingerprint density at radius 1 is 1.21 bits per heavy atom. The number of nitrogens with zero attached hydrogens (tertiary/aromatic N) is 1. The largest absolute Gasteiger partial charge is 0.444 e. The second-order valence-corrected chi connectivity index (χ2v) is 8.89. The highest BCUT2D eigenvalue weighted by Crippen LogP contribution is 2.35. The molecular formula is C23H27ClFNO3. The second kappa shape index (κ2) is 8.72. The van der Waals surface area contributed by atoms with Crippen LogP contribution in [0.2, 0.25) is 5.02 Å². The van der Waals surface area contributed by atoms with Crippen molar-refractivity contribution in [2.24, 2.45) is 0 Å². The molecule has 6 heteroatoms. The Bertz CT molecular complexity index is 850. The number of hydrogen-bond donors (Lipinski definition) is 1. The lowest BCUT2D eigenvalue weighted by molar-refractivity contribution is 0.00254. The number of halogens is 2. The molecule has 1 heterocycles. The number of rotatable bonds is 4. The second-order valence-electron chi connectivity index (χ2n) is 8.46. The zero-order valence-electron chi connectivity index (χ0n) is 16.9. The Morgan fingerprint density at radius 3 is 2.52 bits per heavy atom. The fourth-order valence-corrected chi connectivity index (χ4v) is 4.00. The van der Waals surface area contributed by atoms with Crippen molar-refractivity contribution in [2.45, 2.75) is 57.3 Å². The van der Waals surface area contributed by atoms with Gasteiger partial charge in [-0.15, -0.1) is 0 Å². The third-order valence-electron chi connectivity index (χ3n) is 5.10. The Hall–Kier alpha value is -2.11. The summed E-state index contributed by atoms with van der Waals surface area (Å²) in [6.07, 6.45) is 0.0678. The van der Waals surface area contributed by atoms with Gasteiger partial charge >= 0.3 is 6.09 Å². The van der Waals surface area contributed by atoms with Crippen molar-refractivity contribution in [1.82, 2.24) is 4.90 Å². The Labute approximate surface area is 176 Å². The standard InChI is InChI=1S/C23H27ClFNO3/c1-23(2,3)29-22(28)26-13-5-8-19(26)21(27)20(15-9-11-17(24)12-10-15)16-6-4-7-18(25)14-16/h4,6-7,9-12,14,19-21,27H,5,8,13H2,1-3H3/t19-,20-,21+/m1/s1. The van der Waals surface area contributed by atoms with Crippen LogP contribution in [0, 0.1) is 5.82 Å². The summed E-state index contributed by atoms with van der Waals surface area (Å²) < 4.78 is 19.5. The maximum atomic E-state index is 14.0. The number of amides is 1. The summed E-state index contributed by atoms with van der Waals surface area (Å²) in [6, 6.07) is 12.9. The molecule has 3 rings (SSSR count). The van der Waals surface area contributed by atoms with Gasteiger partial charge in [0.1, 0.15) is 11.4 Å². The van der Waals surface area contributed by atoms with Gasteiger partial charge in [-0.05, 0) is 69.0 Å². The van der Waals surface area contributed by atoms with E-state index in [0.29, 0.717) is 23.6 Å². The van der Waals surface area contributed by atoms with E-state index >= 15 is 0 Å². The van der Waals surface area contributed by atoms with Crippen molar-refractivity contribution in [3.05, 3.63) is 70.5 Å². The van der Waals surface area contributed by atoms with Gasteiger partial charge in [0.25, 0.3) is 0 Å². The fourth-order valence-electron chi connectivity index (χ4n) is 3.87. The molecule has 2 aromatic rings. The number of benzene rings is 2. The molecule has 0 saturated carbocycles. The van der Waals surface area contributed by atoms with Crippen LogP contribution in [0.4, 0.5) is 9.18 Å². The molecule has 1 N–H and O–H groups in total. The number of hydrogen-bond acceptors (Lipinski definition) is 3. The van der Waals surface area contributed by atoms with Gasteiger partial charge in [0.05, 0.1) is 12.1 Å². The average Bonchev–Trinajstić information content (AvgIpc) is 3.12. The van der Waals surface area contributed by atoms with E-state index in [2.05, 4.69) is 0 Å². The summed E-state index contributed by atoms with van der Waals surface area (Å²) in [4.78, 5) is 14.3. The van der Waals surface area contributed by atoms with Crippen molar-refractivity contribution in [1.29, 1.82) is 0 Å². The minimum Gasteiger partial charge on any atom is -0.444 e. The average molecular weight is 420 g/mol. The van der Waals surface area contributed by atoms with E-state index in [0.717, 1.165) is 12.0 Å². The number of aliphatic hydroxyl groups is 1. The van der Waals surface area contributed by atoms with Crippen LogP contribution in [0.3, 0.4) is 0 Å². The first-order chi connectivity index (χ1) is 13.7. The minimum absolute atomic E-state index is 0.371. The van der Waals surface area contributed by atoms with Gasteiger partial charge in [-0.2, -0.15) is 0 Å². The Morgan fingerprint density at radius 2 is 1.90 bits per heavy atom. The molecule has 1 aliphatic heterocycles. The number of likely N-dealkylation sites (tertiary alicyclic amines) is 1. The molecular weight excluding hydrogens is 393 g/mol. The van der Waals surface area contributed by atoms with E-state index in [-0.39, 0.29) is 5.82 Å². The molecule has 1 aliphatic rings. The molecule has 1 amide bonds. The predicted octanol–water partition coefficient (Wildman–Crippen LogP) is 5.37. The zero-order chi connectivity index (χ0) is 21.2. The Balaban J connectivity index is 1.94. The van der Waals surface area contributed by atoms with E-state index in [9.17, 15) is 14.3 Å². The molecule has 29 heavy (non-hydrogen) atoms. The summed E-state index contributed by atoms with van der Waals surface area (Å²) >= 11 is 6.03. The molecule has 1 fully saturated rings. The SMILES string of the molecule is CC(C)(C)OC(=O)N1CCC[C@@H]1[C@H](O)[C@H](c1ccc(Cl)cc1)c1cccc(F)c1. The molecule has 156 valence electrons. The molecule has 0 unspecified atom stereocenters. The molecule has 0 aliphatic carbocycles. The summed E-state index contributed by atoms with van der Waals surface area (Å²) in [5.74, 6) is -0.875. The molecule has 1 saturated heterocycles. The van der Waals surface area contributed by atoms with Crippen LogP contribution < -0.4 is 0 Å². The Kier molecular flexibility index (Phi) is 6.49. The molecule has 0 aromatic heterocycles. The number of ether oxygens (including phenoxy) is 1. The van der Waals surface area contributed by atoms with Crippen LogP contribution in [-0.2, 0) is 4.74 Å². The first-order valence-corrected chi connectivity index (χ1v) is 10.2. The molecule has 2 aromatic carbocycles. The highest BCUT2D eigenvalue weighted by atomic mass is 35.5. The van der Waals surface area contributed by atoms with Gasteiger partial charge in [0.15, 0.2) is 0 Å². The van der Waals surface area contributed by atoms with Crippen LogP contribution in [0.1, 0.15) is 50.7 Å². The van der Waals surface area contributed by atoms with Crippen molar-refractivity contribution in [3.8, 4) is 0 Å². The molecule has 0 bridgehead atoms. The van der Waals surface area contributed by atoms with Crippen molar-refractivity contribution < 1.29 is 19.0 Å². The zero-order valence-corrected chi connectivity index (χ0v) is 17.7. The lowest BCUT2D eigenvalue weighted by Crippen LogP contribution is -2.47. The van der Waals surface area contributed by atoms with Gasteiger partial charge in [0, 0.05) is 17.5 Å². The lowest BCUT2D eigenvalue weighted by atomic mass is 9.83. The monoisotopic (exact) mass is 419 g/mol. The lowest BCUT2D eigenvalue weighted by Gasteiger charge is -2.35. The van der Waals surface area contributed by atoms with E-state index in [1.54, 1.807) is 29.2 Å². The maximum absolute atomic E-state index is 14.0. The first-order valence-electron chi connectivity index (χ1n) is 9.84. The summed E-state index contributed by atoms with van der Waals surface area (Å²) in [5, 5.41) is 12.0. The first kappa shape index (κ1) is 21.6. The summed E-state index contributed by atoms with van der Waals surface area (Å²) in [7, 11) is 0. The van der Waals surface area contributed by atoms with Gasteiger partial charge in [-0.25, -0.2) is 9.18 Å². The predicted molar refractivity (Wildman–Crippen MR) is 112 cm³/mol. The quantitative estimate of drug-likeness (QED) is 0.724. The number of carbonyl (C=O) groups excluding carboxylic acids is 1. The third-order valence-corrected chi connectivity index (χ3v) is 5.35. The topological polar surface area (TPSA) is 49.8 Å². The molecule has 3 atom stereocenters. The van der Waals surface area contributed by atoms with E-state index < -0.39 is 29.8 Å². The van der Waals surface area contributed by atoms with E-state index in [1.165, 1.54) is 12.1 Å². The normalized spacial score (nSPS) is 19.1. The molecule has 0 spiro atoms. The minimum atomic E-state index is -0.923. The van der Waals surface area contributed by atoms with Crippen molar-refractivity contribution in [3.63, 3.8) is 0 Å². The van der Waals surface area contributed by atoms with Crippen LogP contribution >= 0.6 is 11.6 Å². The van der Waals surface area contributed by atoms with E-state index in [4.69, 9.17) is 16.3 Å². The van der Waals surface area contributed by atoms with Crippen LogP contribution in [0.25, 0.3) is 0 Å². The van der Waals surface area contributed by atoms with Crippen molar-refractivity contribution >= 4 is 17.7 Å². The van der Waals surface area contributed by atoms with Gasteiger partial charge < -0.3 is 14.7 Å². The van der Waals surface area contributed by atoms with Gasteiger partial charge in [-0.3, -0.25) is 0 Å². The van der Waals surface area contributed by atoms with E-state index in [1.807, 2.05) is 32.9 Å². The number of carbonyl (C=O) groups is 1. The third kappa shape index (κ3) is 5.28. The van der Waals surface area contributed by atoms with Gasteiger partial charge in [0.2, 0.25) is 0 Å². The maximum Gasteiger partial charge on any atom is 0.410 e. The molecule has 0 radical (unpaired) electrons. The van der Waals surface area contributed by atoms with Gasteiger partial charge in [-0.1, -0.05) is 35.9 Å². The highest BCUT2D eigenvalue weighted by Gasteiger charge is 2.40.